The lowest BCUT2D eigenvalue weighted by Crippen LogP contribution is -2.33. The number of likely N-dealkylation sites (tertiary alicyclic amines) is 1. The van der Waals surface area contributed by atoms with Crippen molar-refractivity contribution in [2.24, 2.45) is 0 Å². The summed E-state index contributed by atoms with van der Waals surface area (Å²) in [4.78, 5) is 14.4. The molecule has 4 nitrogen and oxygen atoms in total. The molecule has 1 fully saturated rings. The molecule has 1 heterocycles. The summed E-state index contributed by atoms with van der Waals surface area (Å²) in [6.07, 6.45) is 1.96. The molecule has 0 aromatic heterocycles. The lowest BCUT2D eigenvalue weighted by atomic mass is 10.0. The monoisotopic (exact) mass is 346 g/mol. The highest BCUT2D eigenvalue weighted by atomic mass is 19.2. The number of benzene rings is 2. The van der Waals surface area contributed by atoms with Crippen LogP contribution in [0.3, 0.4) is 0 Å². The minimum atomic E-state index is -0.978. The number of carbonyl (C=O) groups excluding carboxylic acids is 1. The number of amides is 1. The predicted octanol–water partition coefficient (Wildman–Crippen LogP) is 3.75. The molecule has 1 saturated heterocycles. The van der Waals surface area contributed by atoms with E-state index in [1.54, 1.807) is 7.11 Å². The minimum absolute atomic E-state index is 0.144. The molecule has 0 saturated carbocycles. The first-order valence-corrected chi connectivity index (χ1v) is 8.19. The van der Waals surface area contributed by atoms with Crippen molar-refractivity contribution < 1.29 is 18.3 Å². The van der Waals surface area contributed by atoms with E-state index < -0.39 is 11.6 Å². The van der Waals surface area contributed by atoms with Crippen LogP contribution in [-0.2, 0) is 4.79 Å². The van der Waals surface area contributed by atoms with E-state index in [2.05, 4.69) is 10.2 Å². The van der Waals surface area contributed by atoms with Crippen molar-refractivity contribution in [2.45, 2.75) is 18.9 Å². The van der Waals surface area contributed by atoms with Gasteiger partial charge in [0.2, 0.25) is 5.91 Å². The molecule has 0 bridgehead atoms. The lowest BCUT2D eigenvalue weighted by Gasteiger charge is -2.24. The summed E-state index contributed by atoms with van der Waals surface area (Å²) in [7, 11) is 1.63. The normalized spacial score (nSPS) is 17.5. The Bertz CT molecular complexity index is 767. The van der Waals surface area contributed by atoms with E-state index in [9.17, 15) is 13.6 Å². The highest BCUT2D eigenvalue weighted by Crippen LogP contribution is 2.33. The Morgan fingerprint density at radius 2 is 2.08 bits per heavy atom. The summed E-state index contributed by atoms with van der Waals surface area (Å²) in [6, 6.07) is 11.3. The van der Waals surface area contributed by atoms with Crippen LogP contribution in [0.1, 0.15) is 24.4 Å². The Kier molecular flexibility index (Phi) is 5.28. The fraction of sp³-hybridized carbons (Fsp3) is 0.316. The topological polar surface area (TPSA) is 41.6 Å². The minimum Gasteiger partial charge on any atom is -0.497 e. The van der Waals surface area contributed by atoms with Crippen molar-refractivity contribution in [2.75, 3.05) is 25.5 Å². The second kappa shape index (κ2) is 7.61. The van der Waals surface area contributed by atoms with Crippen LogP contribution in [0.5, 0.6) is 5.75 Å². The molecule has 2 aromatic rings. The van der Waals surface area contributed by atoms with Gasteiger partial charge in [-0.25, -0.2) is 8.78 Å². The second-order valence-corrected chi connectivity index (χ2v) is 6.08. The van der Waals surface area contributed by atoms with Crippen LogP contribution in [0, 0.1) is 11.6 Å². The van der Waals surface area contributed by atoms with E-state index in [1.807, 2.05) is 24.3 Å². The van der Waals surface area contributed by atoms with Crippen molar-refractivity contribution in [3.63, 3.8) is 0 Å². The van der Waals surface area contributed by atoms with Gasteiger partial charge in [-0.15, -0.1) is 0 Å². The van der Waals surface area contributed by atoms with Crippen molar-refractivity contribution in [3.8, 4) is 5.75 Å². The smallest absolute Gasteiger partial charge is 0.238 e. The molecular formula is C19H20F2N2O2. The van der Waals surface area contributed by atoms with Crippen LogP contribution in [0.2, 0.25) is 0 Å². The van der Waals surface area contributed by atoms with E-state index in [4.69, 9.17) is 4.74 Å². The van der Waals surface area contributed by atoms with Crippen LogP contribution in [0.4, 0.5) is 14.5 Å². The maximum Gasteiger partial charge on any atom is 0.238 e. The van der Waals surface area contributed by atoms with Gasteiger partial charge in [-0.3, -0.25) is 9.69 Å². The molecule has 1 aliphatic heterocycles. The highest BCUT2D eigenvalue weighted by molar-refractivity contribution is 5.92. The highest BCUT2D eigenvalue weighted by Gasteiger charge is 2.27. The van der Waals surface area contributed by atoms with Crippen molar-refractivity contribution in [1.82, 2.24) is 4.90 Å². The van der Waals surface area contributed by atoms with E-state index >= 15 is 0 Å². The van der Waals surface area contributed by atoms with Gasteiger partial charge in [0.25, 0.3) is 0 Å². The maximum absolute atomic E-state index is 13.2. The SMILES string of the molecule is COc1cccc([C@H]2CCCN2CC(=O)Nc2ccc(F)c(F)c2)c1. The molecule has 0 aliphatic carbocycles. The first kappa shape index (κ1) is 17.4. The van der Waals surface area contributed by atoms with Crippen LogP contribution in [0.15, 0.2) is 42.5 Å². The molecule has 132 valence electrons. The number of hydrogen-bond acceptors (Lipinski definition) is 3. The average Bonchev–Trinajstić information content (AvgIpc) is 3.06. The molecule has 0 radical (unpaired) electrons. The van der Waals surface area contributed by atoms with Crippen molar-refractivity contribution in [1.29, 1.82) is 0 Å². The number of nitrogens with zero attached hydrogens (tertiary/aromatic N) is 1. The number of anilines is 1. The molecule has 3 rings (SSSR count). The Hall–Kier alpha value is -2.47. The van der Waals surface area contributed by atoms with Crippen LogP contribution >= 0.6 is 0 Å². The Morgan fingerprint density at radius 1 is 1.24 bits per heavy atom. The average molecular weight is 346 g/mol. The van der Waals surface area contributed by atoms with Gasteiger partial charge >= 0.3 is 0 Å². The zero-order chi connectivity index (χ0) is 17.8. The summed E-state index contributed by atoms with van der Waals surface area (Å²) < 4.78 is 31.5. The Morgan fingerprint density at radius 3 is 2.84 bits per heavy atom. The van der Waals surface area contributed by atoms with Gasteiger partial charge in [-0.05, 0) is 49.2 Å². The van der Waals surface area contributed by atoms with E-state index in [0.717, 1.165) is 42.8 Å². The maximum atomic E-state index is 13.2. The zero-order valence-electron chi connectivity index (χ0n) is 14.0. The third-order valence-corrected chi connectivity index (χ3v) is 4.39. The number of hydrogen-bond donors (Lipinski definition) is 1. The first-order chi connectivity index (χ1) is 12.1. The van der Waals surface area contributed by atoms with Gasteiger partial charge < -0.3 is 10.1 Å². The van der Waals surface area contributed by atoms with E-state index in [0.29, 0.717) is 0 Å². The second-order valence-electron chi connectivity index (χ2n) is 6.08. The Labute approximate surface area is 145 Å². The lowest BCUT2D eigenvalue weighted by molar-refractivity contribution is -0.117. The summed E-state index contributed by atoms with van der Waals surface area (Å²) in [5.74, 6) is -1.37. The first-order valence-electron chi connectivity index (χ1n) is 8.19. The summed E-state index contributed by atoms with van der Waals surface area (Å²) in [5, 5.41) is 2.62. The number of nitrogens with one attached hydrogen (secondary N) is 1. The third kappa shape index (κ3) is 4.14. The number of carbonyl (C=O) groups is 1. The zero-order valence-corrected chi connectivity index (χ0v) is 14.0. The molecular weight excluding hydrogens is 326 g/mol. The molecule has 25 heavy (non-hydrogen) atoms. The van der Waals surface area contributed by atoms with Gasteiger partial charge in [0.15, 0.2) is 11.6 Å². The summed E-state index contributed by atoms with van der Waals surface area (Å²) in [6.45, 7) is 1.01. The van der Waals surface area contributed by atoms with Crippen molar-refractivity contribution in [3.05, 3.63) is 59.7 Å². The standard InChI is InChI=1S/C19H20F2N2O2/c1-25-15-5-2-4-13(10-15)18-6-3-9-23(18)12-19(24)22-14-7-8-16(20)17(21)11-14/h2,4-5,7-8,10-11,18H,3,6,9,12H2,1H3,(H,22,24)/t18-/m1/s1. The third-order valence-electron chi connectivity index (χ3n) is 4.39. The van der Waals surface area contributed by atoms with Gasteiger partial charge in [0, 0.05) is 17.8 Å². The van der Waals surface area contributed by atoms with E-state index in [-0.39, 0.29) is 24.2 Å². The van der Waals surface area contributed by atoms with Crippen LogP contribution in [-0.4, -0.2) is 31.0 Å². The number of halogens is 2. The molecule has 0 unspecified atom stereocenters. The van der Waals surface area contributed by atoms with Gasteiger partial charge in [-0.1, -0.05) is 12.1 Å². The molecule has 6 heteroatoms. The largest absolute Gasteiger partial charge is 0.497 e. The molecule has 1 N–H and O–H groups in total. The summed E-state index contributed by atoms with van der Waals surface area (Å²) in [5.41, 5.74) is 1.36. The fourth-order valence-corrected chi connectivity index (χ4v) is 3.20. The van der Waals surface area contributed by atoms with E-state index in [1.165, 1.54) is 6.07 Å². The predicted molar refractivity (Wildman–Crippen MR) is 91.5 cm³/mol. The quantitative estimate of drug-likeness (QED) is 0.896. The van der Waals surface area contributed by atoms with Crippen LogP contribution in [0.25, 0.3) is 0 Å². The van der Waals surface area contributed by atoms with Gasteiger partial charge in [0.1, 0.15) is 5.75 Å². The summed E-state index contributed by atoms with van der Waals surface area (Å²) >= 11 is 0. The Balaban J connectivity index is 1.66. The molecule has 1 amide bonds. The van der Waals surface area contributed by atoms with Crippen LogP contribution < -0.4 is 10.1 Å². The van der Waals surface area contributed by atoms with Gasteiger partial charge in [-0.2, -0.15) is 0 Å². The molecule has 0 spiro atoms. The van der Waals surface area contributed by atoms with Gasteiger partial charge in [0.05, 0.1) is 13.7 Å². The molecule has 1 atom stereocenters. The molecule has 2 aromatic carbocycles. The number of rotatable bonds is 5. The fourth-order valence-electron chi connectivity index (χ4n) is 3.20. The molecule has 1 aliphatic rings. The number of methoxy groups -OCH3 is 1. The van der Waals surface area contributed by atoms with Crippen molar-refractivity contribution >= 4 is 11.6 Å². The number of ether oxygens (including phenoxy) is 1.